The number of benzene rings is 1. The van der Waals surface area contributed by atoms with Crippen LogP contribution < -0.4 is 15.5 Å². The van der Waals surface area contributed by atoms with Gasteiger partial charge < -0.3 is 20.3 Å². The number of ether oxygens (including phenoxy) is 1. The van der Waals surface area contributed by atoms with Crippen LogP contribution in [0.3, 0.4) is 0 Å². The van der Waals surface area contributed by atoms with E-state index in [1.165, 1.54) is 11.3 Å². The summed E-state index contributed by atoms with van der Waals surface area (Å²) in [5, 5.41) is 6.78. The van der Waals surface area contributed by atoms with E-state index in [-0.39, 0.29) is 16.8 Å². The van der Waals surface area contributed by atoms with Crippen molar-refractivity contribution in [1.82, 2.24) is 10.3 Å². The monoisotopic (exact) mass is 466 g/mol. The summed E-state index contributed by atoms with van der Waals surface area (Å²) in [7, 11) is 1.56. The summed E-state index contributed by atoms with van der Waals surface area (Å²) >= 11 is 9.18. The summed E-state index contributed by atoms with van der Waals surface area (Å²) < 4.78 is 5.90. The first-order valence-corrected chi connectivity index (χ1v) is 11.5. The molecule has 3 rings (SSSR count). The fourth-order valence-corrected chi connectivity index (χ4v) is 5.30. The normalized spacial score (nSPS) is 10.9. The molecule has 0 aliphatic heterocycles. The quantitative estimate of drug-likeness (QED) is 0.454. The van der Waals surface area contributed by atoms with E-state index in [0.29, 0.717) is 29.3 Å². The minimum absolute atomic E-state index is 0.233. The molecule has 0 bridgehead atoms. The van der Waals surface area contributed by atoms with Gasteiger partial charge in [0.05, 0.1) is 26.8 Å². The maximum Gasteiger partial charge on any atom is 0.265 e. The summed E-state index contributed by atoms with van der Waals surface area (Å²) in [6, 6.07) is 6.67. The van der Waals surface area contributed by atoms with Gasteiger partial charge in [-0.15, -0.1) is 11.3 Å². The molecule has 0 saturated heterocycles. The lowest BCUT2D eigenvalue weighted by atomic mass is 10.2. The van der Waals surface area contributed by atoms with Gasteiger partial charge in [-0.2, -0.15) is 0 Å². The molecule has 30 heavy (non-hydrogen) atoms. The molecule has 0 aliphatic rings. The zero-order valence-electron chi connectivity index (χ0n) is 17.0. The second-order valence-electron chi connectivity index (χ2n) is 6.35. The zero-order chi connectivity index (χ0) is 21.7. The molecule has 0 spiro atoms. The fraction of sp³-hybridized carbons (Fsp3) is 0.350. The van der Waals surface area contributed by atoms with Gasteiger partial charge in [0.25, 0.3) is 11.8 Å². The van der Waals surface area contributed by atoms with Crippen LogP contribution in [0.4, 0.5) is 10.8 Å². The minimum Gasteiger partial charge on any atom is -0.383 e. The van der Waals surface area contributed by atoms with Crippen molar-refractivity contribution in [3.63, 3.8) is 0 Å². The molecule has 2 N–H and O–H groups in total. The van der Waals surface area contributed by atoms with Gasteiger partial charge in [0.2, 0.25) is 0 Å². The Balaban J connectivity index is 1.69. The molecule has 160 valence electrons. The molecule has 0 fully saturated rings. The van der Waals surface area contributed by atoms with E-state index in [1.807, 2.05) is 6.07 Å². The van der Waals surface area contributed by atoms with Crippen molar-refractivity contribution >= 4 is 66.4 Å². The zero-order valence-corrected chi connectivity index (χ0v) is 19.3. The predicted octanol–water partition coefficient (Wildman–Crippen LogP) is 4.49. The maximum absolute atomic E-state index is 12.6. The highest BCUT2D eigenvalue weighted by atomic mass is 35.5. The standard InChI is InChI=1S/C20H23ClN4O3S2/c1-4-25(5-2)20-24-19-16(30-20)11-15(29-19)18(27)23-12-6-7-13(14(21)10-12)17(26)22-8-9-28-3/h6-7,10-11H,4-5,8-9H2,1-3H3,(H,22,26)(H,23,27). The van der Waals surface area contributed by atoms with Gasteiger partial charge in [0, 0.05) is 32.4 Å². The number of thiophene rings is 1. The number of carbonyl (C=O) groups is 2. The van der Waals surface area contributed by atoms with Crippen LogP contribution in [0.1, 0.15) is 33.9 Å². The van der Waals surface area contributed by atoms with E-state index in [2.05, 4.69) is 34.4 Å². The molecular formula is C20H23ClN4O3S2. The second-order valence-corrected chi connectivity index (χ2v) is 8.79. The van der Waals surface area contributed by atoms with Gasteiger partial charge in [0.1, 0.15) is 4.83 Å². The van der Waals surface area contributed by atoms with Gasteiger partial charge >= 0.3 is 0 Å². The van der Waals surface area contributed by atoms with Crippen LogP contribution in [0.2, 0.25) is 5.02 Å². The van der Waals surface area contributed by atoms with Gasteiger partial charge in [-0.05, 0) is 38.1 Å². The second kappa shape index (κ2) is 10.2. The summed E-state index contributed by atoms with van der Waals surface area (Å²) in [4.78, 5) is 33.1. The van der Waals surface area contributed by atoms with E-state index >= 15 is 0 Å². The van der Waals surface area contributed by atoms with Gasteiger partial charge in [-0.1, -0.05) is 22.9 Å². The first-order chi connectivity index (χ1) is 14.5. The van der Waals surface area contributed by atoms with E-state index in [9.17, 15) is 9.59 Å². The molecule has 0 saturated carbocycles. The largest absolute Gasteiger partial charge is 0.383 e. The third-order valence-corrected chi connectivity index (χ3v) is 6.93. The molecular weight excluding hydrogens is 444 g/mol. The number of fused-ring (bicyclic) bond motifs is 1. The Morgan fingerprint density at radius 3 is 2.57 bits per heavy atom. The highest BCUT2D eigenvalue weighted by Crippen LogP contribution is 2.35. The number of nitrogens with zero attached hydrogens (tertiary/aromatic N) is 2. The number of rotatable bonds is 9. The van der Waals surface area contributed by atoms with E-state index in [1.54, 1.807) is 36.6 Å². The van der Waals surface area contributed by atoms with Crippen molar-refractivity contribution in [1.29, 1.82) is 0 Å². The van der Waals surface area contributed by atoms with Crippen molar-refractivity contribution in [3.8, 4) is 0 Å². The summed E-state index contributed by atoms with van der Waals surface area (Å²) in [6.07, 6.45) is 0. The third kappa shape index (κ3) is 5.10. The lowest BCUT2D eigenvalue weighted by molar-refractivity contribution is 0.0937. The fourth-order valence-electron chi connectivity index (χ4n) is 2.80. The molecule has 2 amide bonds. The van der Waals surface area contributed by atoms with Crippen LogP contribution in [0.5, 0.6) is 0 Å². The Kier molecular flexibility index (Phi) is 7.65. The lowest BCUT2D eigenvalue weighted by Crippen LogP contribution is -2.27. The average Bonchev–Trinajstić information content (AvgIpc) is 3.28. The van der Waals surface area contributed by atoms with Crippen LogP contribution >= 0.6 is 34.3 Å². The first-order valence-electron chi connectivity index (χ1n) is 9.50. The lowest BCUT2D eigenvalue weighted by Gasteiger charge is -2.16. The molecule has 10 heteroatoms. The molecule has 0 atom stereocenters. The van der Waals surface area contributed by atoms with E-state index in [0.717, 1.165) is 27.8 Å². The van der Waals surface area contributed by atoms with Crippen molar-refractivity contribution in [3.05, 3.63) is 39.7 Å². The number of thiazole rings is 1. The van der Waals surface area contributed by atoms with Crippen molar-refractivity contribution in [2.45, 2.75) is 13.8 Å². The Labute approximate surface area is 188 Å². The van der Waals surface area contributed by atoms with E-state index in [4.69, 9.17) is 16.3 Å². The van der Waals surface area contributed by atoms with Crippen LogP contribution in [-0.2, 0) is 4.74 Å². The van der Waals surface area contributed by atoms with Crippen molar-refractivity contribution in [2.75, 3.05) is 43.6 Å². The number of nitrogens with one attached hydrogen (secondary N) is 2. The number of carbonyl (C=O) groups excluding carboxylic acids is 2. The van der Waals surface area contributed by atoms with Crippen molar-refractivity contribution < 1.29 is 14.3 Å². The molecule has 0 unspecified atom stereocenters. The maximum atomic E-state index is 12.6. The van der Waals surface area contributed by atoms with Gasteiger partial charge in [-0.25, -0.2) is 4.98 Å². The molecule has 3 aromatic rings. The van der Waals surface area contributed by atoms with Crippen LogP contribution in [-0.4, -0.2) is 50.1 Å². The Morgan fingerprint density at radius 2 is 1.93 bits per heavy atom. The first kappa shape index (κ1) is 22.5. The number of hydrogen-bond acceptors (Lipinski definition) is 7. The smallest absolute Gasteiger partial charge is 0.265 e. The predicted molar refractivity (Wildman–Crippen MR) is 125 cm³/mol. The van der Waals surface area contributed by atoms with Gasteiger partial charge in [0.15, 0.2) is 5.13 Å². The summed E-state index contributed by atoms with van der Waals surface area (Å²) in [5.74, 6) is -0.522. The van der Waals surface area contributed by atoms with Gasteiger partial charge in [-0.3, -0.25) is 9.59 Å². The van der Waals surface area contributed by atoms with Crippen LogP contribution in [0.15, 0.2) is 24.3 Å². The van der Waals surface area contributed by atoms with Crippen molar-refractivity contribution in [2.24, 2.45) is 0 Å². The molecule has 2 aromatic heterocycles. The topological polar surface area (TPSA) is 83.6 Å². The Morgan fingerprint density at radius 1 is 1.17 bits per heavy atom. The highest BCUT2D eigenvalue weighted by molar-refractivity contribution is 7.29. The number of amides is 2. The molecule has 0 aliphatic carbocycles. The number of methoxy groups -OCH3 is 1. The number of halogens is 1. The number of hydrogen-bond donors (Lipinski definition) is 2. The molecule has 1 aromatic carbocycles. The molecule has 0 radical (unpaired) electrons. The molecule has 2 heterocycles. The van der Waals surface area contributed by atoms with Crippen LogP contribution in [0, 0.1) is 0 Å². The van der Waals surface area contributed by atoms with E-state index < -0.39 is 0 Å². The summed E-state index contributed by atoms with van der Waals surface area (Å²) in [6.45, 7) is 6.79. The number of anilines is 2. The Hall–Kier alpha value is -2.20. The van der Waals surface area contributed by atoms with Crippen LogP contribution in [0.25, 0.3) is 9.53 Å². The SMILES string of the molecule is CCN(CC)c1nc2sc(C(=O)Nc3ccc(C(=O)NCCOC)c(Cl)c3)cc2s1. The average molecular weight is 467 g/mol. The number of aromatic nitrogens is 1. The third-order valence-electron chi connectivity index (χ3n) is 4.40. The highest BCUT2D eigenvalue weighted by Gasteiger charge is 2.17. The minimum atomic E-state index is -0.288. The Bertz CT molecular complexity index is 1010. The summed E-state index contributed by atoms with van der Waals surface area (Å²) in [5.41, 5.74) is 0.863. The molecule has 7 nitrogen and oxygen atoms in total.